The fourth-order valence-corrected chi connectivity index (χ4v) is 3.09. The van der Waals surface area contributed by atoms with Gasteiger partial charge in [0.25, 0.3) is 0 Å². The van der Waals surface area contributed by atoms with Gasteiger partial charge in [0.15, 0.2) is 0 Å². The molecule has 2 atom stereocenters. The summed E-state index contributed by atoms with van der Waals surface area (Å²) in [6, 6.07) is 6.27. The van der Waals surface area contributed by atoms with E-state index < -0.39 is 0 Å². The summed E-state index contributed by atoms with van der Waals surface area (Å²) >= 11 is 8.15. The molecule has 1 aromatic rings. The van der Waals surface area contributed by atoms with Crippen LogP contribution in [0.5, 0.6) is 0 Å². The number of halogens is 1. The van der Waals surface area contributed by atoms with E-state index in [1.165, 1.54) is 16.9 Å². The van der Waals surface area contributed by atoms with Gasteiger partial charge in [-0.2, -0.15) is 0 Å². The van der Waals surface area contributed by atoms with E-state index in [1.54, 1.807) is 0 Å². The van der Waals surface area contributed by atoms with Crippen LogP contribution in [0.2, 0.25) is 5.02 Å². The quantitative estimate of drug-likeness (QED) is 0.778. The second-order valence-electron chi connectivity index (χ2n) is 4.72. The Hall–Kier alpha value is -0.180. The molecule has 0 aliphatic rings. The monoisotopic (exact) mass is 271 g/mol. The van der Waals surface area contributed by atoms with E-state index in [4.69, 9.17) is 17.3 Å². The zero-order valence-electron chi connectivity index (χ0n) is 10.9. The molecule has 96 valence electrons. The van der Waals surface area contributed by atoms with Crippen LogP contribution in [0.25, 0.3) is 0 Å². The van der Waals surface area contributed by atoms with Crippen LogP contribution in [-0.4, -0.2) is 11.8 Å². The van der Waals surface area contributed by atoms with Crippen molar-refractivity contribution in [3.8, 4) is 0 Å². The van der Waals surface area contributed by atoms with Crippen LogP contribution in [0, 0.1) is 5.92 Å². The van der Waals surface area contributed by atoms with Crippen LogP contribution < -0.4 is 5.73 Å². The van der Waals surface area contributed by atoms with Gasteiger partial charge in [-0.1, -0.05) is 37.9 Å². The van der Waals surface area contributed by atoms with Crippen LogP contribution in [0.3, 0.4) is 0 Å². The fraction of sp³-hybridized carbons (Fsp3) is 0.571. The molecular formula is C14H22ClNS. The van der Waals surface area contributed by atoms with E-state index in [0.29, 0.717) is 0 Å². The van der Waals surface area contributed by atoms with Crippen molar-refractivity contribution in [3.63, 3.8) is 0 Å². The fourth-order valence-electron chi connectivity index (χ4n) is 1.54. The van der Waals surface area contributed by atoms with Crippen molar-refractivity contribution in [2.75, 3.05) is 5.75 Å². The minimum absolute atomic E-state index is 0.151. The summed E-state index contributed by atoms with van der Waals surface area (Å²) in [5.41, 5.74) is 7.08. The molecule has 0 heterocycles. The molecule has 0 saturated carbocycles. The molecule has 17 heavy (non-hydrogen) atoms. The molecule has 1 nitrogen and oxygen atoms in total. The first kappa shape index (κ1) is 14.9. The summed E-state index contributed by atoms with van der Waals surface area (Å²) in [4.78, 5) is 1.29. The Morgan fingerprint density at radius 3 is 2.65 bits per heavy atom. The molecule has 0 aliphatic carbocycles. The highest BCUT2D eigenvalue weighted by atomic mass is 35.5. The summed E-state index contributed by atoms with van der Waals surface area (Å²) in [5, 5.41) is 0.844. The third kappa shape index (κ3) is 4.90. The van der Waals surface area contributed by atoms with Crippen molar-refractivity contribution in [2.24, 2.45) is 11.7 Å². The first-order valence-corrected chi connectivity index (χ1v) is 7.56. The maximum absolute atomic E-state index is 6.25. The van der Waals surface area contributed by atoms with Crippen molar-refractivity contribution in [1.29, 1.82) is 0 Å². The third-order valence-corrected chi connectivity index (χ3v) is 4.61. The van der Waals surface area contributed by atoms with Gasteiger partial charge in [-0.3, -0.25) is 0 Å². The van der Waals surface area contributed by atoms with E-state index in [1.807, 2.05) is 30.8 Å². The number of hydrogen-bond acceptors (Lipinski definition) is 2. The number of rotatable bonds is 6. The van der Waals surface area contributed by atoms with E-state index in [0.717, 1.165) is 23.1 Å². The Morgan fingerprint density at radius 1 is 1.35 bits per heavy atom. The number of nitrogens with two attached hydrogens (primary N) is 1. The lowest BCUT2D eigenvalue weighted by molar-refractivity contribution is 0.636. The second kappa shape index (κ2) is 7.30. The van der Waals surface area contributed by atoms with Gasteiger partial charge in [-0.05, 0) is 37.0 Å². The standard InChI is InChI=1S/C14H22ClNS/c1-4-10(2)9-17-14-7-5-6-13(15)12(14)8-11(3)16/h5-7,10-11H,4,8-9,16H2,1-3H3. The van der Waals surface area contributed by atoms with Gasteiger partial charge in [0, 0.05) is 21.7 Å². The molecule has 0 bridgehead atoms. The van der Waals surface area contributed by atoms with Crippen LogP contribution >= 0.6 is 23.4 Å². The lowest BCUT2D eigenvalue weighted by Crippen LogP contribution is -2.18. The van der Waals surface area contributed by atoms with Crippen molar-refractivity contribution in [3.05, 3.63) is 28.8 Å². The van der Waals surface area contributed by atoms with E-state index >= 15 is 0 Å². The highest BCUT2D eigenvalue weighted by Crippen LogP contribution is 2.31. The third-order valence-electron chi connectivity index (χ3n) is 2.82. The van der Waals surface area contributed by atoms with E-state index in [-0.39, 0.29) is 6.04 Å². The molecule has 0 spiro atoms. The Balaban J connectivity index is 2.79. The van der Waals surface area contributed by atoms with Gasteiger partial charge in [-0.15, -0.1) is 11.8 Å². The van der Waals surface area contributed by atoms with E-state index in [9.17, 15) is 0 Å². The summed E-state index contributed by atoms with van der Waals surface area (Å²) < 4.78 is 0. The van der Waals surface area contributed by atoms with Crippen LogP contribution in [-0.2, 0) is 6.42 Å². The normalized spacial score (nSPS) is 14.6. The Kier molecular flexibility index (Phi) is 6.39. The molecule has 0 aromatic heterocycles. The Labute approximate surface area is 114 Å². The van der Waals surface area contributed by atoms with E-state index in [2.05, 4.69) is 19.9 Å². The Bertz CT molecular complexity index is 352. The summed E-state index contributed by atoms with van der Waals surface area (Å²) in [6.45, 7) is 6.53. The highest BCUT2D eigenvalue weighted by Gasteiger charge is 2.10. The molecule has 2 N–H and O–H groups in total. The van der Waals surface area contributed by atoms with Crippen molar-refractivity contribution in [2.45, 2.75) is 44.6 Å². The molecule has 1 rings (SSSR count). The summed E-state index contributed by atoms with van der Waals surface area (Å²) in [6.07, 6.45) is 2.07. The van der Waals surface area contributed by atoms with Crippen LogP contribution in [0.4, 0.5) is 0 Å². The van der Waals surface area contributed by atoms with Crippen LogP contribution in [0.1, 0.15) is 32.8 Å². The van der Waals surface area contributed by atoms with Gasteiger partial charge in [0.1, 0.15) is 0 Å². The van der Waals surface area contributed by atoms with Crippen LogP contribution in [0.15, 0.2) is 23.1 Å². The predicted molar refractivity (Wildman–Crippen MR) is 79.0 cm³/mol. The van der Waals surface area contributed by atoms with Gasteiger partial charge >= 0.3 is 0 Å². The van der Waals surface area contributed by atoms with Gasteiger partial charge in [-0.25, -0.2) is 0 Å². The van der Waals surface area contributed by atoms with Crippen molar-refractivity contribution in [1.82, 2.24) is 0 Å². The molecule has 0 amide bonds. The highest BCUT2D eigenvalue weighted by molar-refractivity contribution is 7.99. The molecular weight excluding hydrogens is 250 g/mol. The van der Waals surface area contributed by atoms with Gasteiger partial charge in [0.2, 0.25) is 0 Å². The molecule has 0 saturated heterocycles. The maximum Gasteiger partial charge on any atom is 0.0449 e. The zero-order valence-corrected chi connectivity index (χ0v) is 12.4. The SMILES string of the molecule is CCC(C)CSc1cccc(Cl)c1CC(C)N. The molecule has 2 unspecified atom stereocenters. The minimum Gasteiger partial charge on any atom is -0.328 e. The first-order valence-electron chi connectivity index (χ1n) is 6.20. The first-order chi connectivity index (χ1) is 8.04. The lowest BCUT2D eigenvalue weighted by atomic mass is 10.1. The average molecular weight is 272 g/mol. The predicted octanol–water partition coefficient (Wildman–Crippen LogP) is 4.37. The molecule has 3 heteroatoms. The van der Waals surface area contributed by atoms with Gasteiger partial charge in [0.05, 0.1) is 0 Å². The summed E-state index contributed by atoms with van der Waals surface area (Å²) in [5.74, 6) is 1.88. The van der Waals surface area contributed by atoms with Crippen molar-refractivity contribution < 1.29 is 0 Å². The molecule has 0 aliphatic heterocycles. The molecule has 0 fully saturated rings. The zero-order chi connectivity index (χ0) is 12.8. The largest absolute Gasteiger partial charge is 0.328 e. The number of benzene rings is 1. The maximum atomic E-state index is 6.25. The summed E-state index contributed by atoms with van der Waals surface area (Å²) in [7, 11) is 0. The van der Waals surface area contributed by atoms with Crippen molar-refractivity contribution >= 4 is 23.4 Å². The number of hydrogen-bond donors (Lipinski definition) is 1. The topological polar surface area (TPSA) is 26.0 Å². The number of thioether (sulfide) groups is 1. The smallest absolute Gasteiger partial charge is 0.0449 e. The second-order valence-corrected chi connectivity index (χ2v) is 6.19. The average Bonchev–Trinajstić information content (AvgIpc) is 2.29. The minimum atomic E-state index is 0.151. The lowest BCUT2D eigenvalue weighted by Gasteiger charge is -2.14. The van der Waals surface area contributed by atoms with Gasteiger partial charge < -0.3 is 5.73 Å². The Morgan fingerprint density at radius 2 is 2.06 bits per heavy atom. The molecule has 1 aromatic carbocycles. The molecule has 0 radical (unpaired) electrons.